The fraction of sp³-hybridized carbons (Fsp3) is 0.292. The summed E-state index contributed by atoms with van der Waals surface area (Å²) in [6, 6.07) is 16.8. The van der Waals surface area contributed by atoms with Crippen molar-refractivity contribution in [3.05, 3.63) is 76.1 Å². The number of aryl methyl sites for hydroxylation is 1. The SMILES string of the molecule is CC(C)c1oc(-c2ccccc2Cl)nc1CCCC(=O)c1ccc(CC#N)cc1. The molecule has 148 valence electrons. The highest BCUT2D eigenvalue weighted by molar-refractivity contribution is 6.33. The Hall–Kier alpha value is -2.90. The average molecular weight is 407 g/mol. The molecule has 0 bridgehead atoms. The number of halogens is 1. The number of aromatic nitrogens is 1. The molecule has 29 heavy (non-hydrogen) atoms. The first-order chi connectivity index (χ1) is 14.0. The second kappa shape index (κ2) is 9.54. The Labute approximate surface area is 176 Å². The van der Waals surface area contributed by atoms with Gasteiger partial charge in [-0.2, -0.15) is 5.26 Å². The van der Waals surface area contributed by atoms with E-state index in [1.54, 1.807) is 12.1 Å². The molecular weight excluding hydrogens is 384 g/mol. The number of hydrogen-bond donors (Lipinski definition) is 0. The Morgan fingerprint density at radius 3 is 2.55 bits per heavy atom. The lowest BCUT2D eigenvalue weighted by Gasteiger charge is -2.04. The van der Waals surface area contributed by atoms with Crippen molar-refractivity contribution in [2.24, 2.45) is 0 Å². The fourth-order valence-corrected chi connectivity index (χ4v) is 3.42. The van der Waals surface area contributed by atoms with Gasteiger partial charge in [-0.3, -0.25) is 4.79 Å². The van der Waals surface area contributed by atoms with Gasteiger partial charge in [0.2, 0.25) is 5.89 Å². The van der Waals surface area contributed by atoms with Crippen LogP contribution in [0, 0.1) is 11.3 Å². The average Bonchev–Trinajstić information content (AvgIpc) is 3.13. The van der Waals surface area contributed by atoms with Crippen LogP contribution in [0.5, 0.6) is 0 Å². The lowest BCUT2D eigenvalue weighted by molar-refractivity contribution is 0.0980. The number of nitriles is 1. The van der Waals surface area contributed by atoms with Gasteiger partial charge in [-0.1, -0.05) is 61.8 Å². The molecule has 3 rings (SSSR count). The number of Topliss-reactive ketones (excluding diaryl/α,β-unsaturated/α-hetero) is 1. The molecule has 0 radical (unpaired) electrons. The van der Waals surface area contributed by atoms with E-state index in [4.69, 9.17) is 21.3 Å². The van der Waals surface area contributed by atoms with Crippen LogP contribution in [-0.2, 0) is 12.8 Å². The molecule has 5 heteroatoms. The third-order valence-electron chi connectivity index (χ3n) is 4.73. The molecule has 0 saturated carbocycles. The maximum absolute atomic E-state index is 12.5. The molecule has 0 amide bonds. The van der Waals surface area contributed by atoms with E-state index in [-0.39, 0.29) is 11.7 Å². The van der Waals surface area contributed by atoms with Crippen LogP contribution in [0.4, 0.5) is 0 Å². The molecule has 4 nitrogen and oxygen atoms in total. The van der Waals surface area contributed by atoms with Crippen LogP contribution in [0.1, 0.15) is 60.0 Å². The van der Waals surface area contributed by atoms with E-state index in [9.17, 15) is 4.79 Å². The van der Waals surface area contributed by atoms with Crippen LogP contribution in [0.2, 0.25) is 5.02 Å². The highest BCUT2D eigenvalue weighted by Crippen LogP contribution is 2.32. The molecule has 0 unspecified atom stereocenters. The number of ketones is 1. The minimum Gasteiger partial charge on any atom is -0.441 e. The highest BCUT2D eigenvalue weighted by atomic mass is 35.5. The molecule has 0 fully saturated rings. The van der Waals surface area contributed by atoms with Gasteiger partial charge in [0.05, 0.1) is 28.8 Å². The van der Waals surface area contributed by atoms with E-state index >= 15 is 0 Å². The topological polar surface area (TPSA) is 66.9 Å². The number of oxazole rings is 1. The maximum Gasteiger partial charge on any atom is 0.228 e. The molecule has 3 aromatic rings. The number of nitrogens with zero attached hydrogens (tertiary/aromatic N) is 2. The predicted molar refractivity (Wildman–Crippen MR) is 114 cm³/mol. The van der Waals surface area contributed by atoms with E-state index in [1.807, 2.05) is 36.4 Å². The molecule has 0 N–H and O–H groups in total. The first kappa shape index (κ1) is 20.8. The Balaban J connectivity index is 1.68. The maximum atomic E-state index is 12.5. The van der Waals surface area contributed by atoms with Crippen molar-refractivity contribution in [2.75, 3.05) is 0 Å². The van der Waals surface area contributed by atoms with Gasteiger partial charge in [0.25, 0.3) is 0 Å². The van der Waals surface area contributed by atoms with Gasteiger partial charge in [0.15, 0.2) is 5.78 Å². The third-order valence-corrected chi connectivity index (χ3v) is 5.06. The van der Waals surface area contributed by atoms with Gasteiger partial charge in [-0.25, -0.2) is 4.98 Å². The summed E-state index contributed by atoms with van der Waals surface area (Å²) in [6.45, 7) is 4.13. The van der Waals surface area contributed by atoms with Crippen molar-refractivity contribution in [1.29, 1.82) is 5.26 Å². The largest absolute Gasteiger partial charge is 0.441 e. The van der Waals surface area contributed by atoms with E-state index < -0.39 is 0 Å². The van der Waals surface area contributed by atoms with Crippen molar-refractivity contribution < 1.29 is 9.21 Å². The zero-order chi connectivity index (χ0) is 20.8. The minimum atomic E-state index is 0.0921. The minimum absolute atomic E-state index is 0.0921. The summed E-state index contributed by atoms with van der Waals surface area (Å²) in [5.74, 6) is 1.65. The molecular formula is C24H23ClN2O2. The van der Waals surface area contributed by atoms with Crippen molar-refractivity contribution in [3.8, 4) is 17.5 Å². The second-order valence-corrected chi connectivity index (χ2v) is 7.68. The molecule has 0 aliphatic heterocycles. The lowest BCUT2D eigenvalue weighted by atomic mass is 10.0. The molecule has 0 saturated heterocycles. The van der Waals surface area contributed by atoms with Crippen LogP contribution in [0.3, 0.4) is 0 Å². The summed E-state index contributed by atoms with van der Waals surface area (Å²) < 4.78 is 6.01. The molecule has 0 aliphatic rings. The Bertz CT molecular complexity index is 1030. The molecule has 0 aliphatic carbocycles. The Morgan fingerprint density at radius 1 is 1.17 bits per heavy atom. The monoisotopic (exact) mass is 406 g/mol. The van der Waals surface area contributed by atoms with Crippen molar-refractivity contribution in [2.45, 2.75) is 45.4 Å². The number of carbonyl (C=O) groups excluding carboxylic acids is 1. The summed E-state index contributed by atoms with van der Waals surface area (Å²) in [7, 11) is 0. The summed E-state index contributed by atoms with van der Waals surface area (Å²) in [4.78, 5) is 17.1. The van der Waals surface area contributed by atoms with E-state index in [0.29, 0.717) is 42.2 Å². The number of hydrogen-bond acceptors (Lipinski definition) is 4. The second-order valence-electron chi connectivity index (χ2n) is 7.27. The predicted octanol–water partition coefficient (Wildman–Crippen LogP) is 6.39. The smallest absolute Gasteiger partial charge is 0.228 e. The summed E-state index contributed by atoms with van der Waals surface area (Å²) >= 11 is 6.28. The summed E-state index contributed by atoms with van der Waals surface area (Å²) in [5.41, 5.74) is 3.25. The Morgan fingerprint density at radius 2 is 1.90 bits per heavy atom. The normalized spacial score (nSPS) is 10.9. The van der Waals surface area contributed by atoms with E-state index in [2.05, 4.69) is 24.9 Å². The van der Waals surface area contributed by atoms with Gasteiger partial charge < -0.3 is 4.42 Å². The van der Waals surface area contributed by atoms with Crippen LogP contribution in [0.15, 0.2) is 52.9 Å². The van der Waals surface area contributed by atoms with Crippen LogP contribution in [0.25, 0.3) is 11.5 Å². The highest BCUT2D eigenvalue weighted by Gasteiger charge is 2.19. The van der Waals surface area contributed by atoms with E-state index in [1.165, 1.54) is 0 Å². The van der Waals surface area contributed by atoms with Gasteiger partial charge in [-0.05, 0) is 30.5 Å². The molecule has 2 aromatic carbocycles. The summed E-state index contributed by atoms with van der Waals surface area (Å²) in [6.07, 6.45) is 2.14. The first-order valence-corrected chi connectivity index (χ1v) is 10.1. The van der Waals surface area contributed by atoms with Gasteiger partial charge in [0.1, 0.15) is 5.76 Å². The Kier molecular flexibility index (Phi) is 6.85. The van der Waals surface area contributed by atoms with Crippen molar-refractivity contribution >= 4 is 17.4 Å². The molecule has 1 heterocycles. The third kappa shape index (κ3) is 5.13. The van der Waals surface area contributed by atoms with Gasteiger partial charge >= 0.3 is 0 Å². The van der Waals surface area contributed by atoms with E-state index in [0.717, 1.165) is 22.6 Å². The zero-order valence-corrected chi connectivity index (χ0v) is 17.4. The van der Waals surface area contributed by atoms with Crippen LogP contribution >= 0.6 is 11.6 Å². The van der Waals surface area contributed by atoms with Gasteiger partial charge in [-0.15, -0.1) is 0 Å². The zero-order valence-electron chi connectivity index (χ0n) is 16.6. The first-order valence-electron chi connectivity index (χ1n) is 9.73. The lowest BCUT2D eigenvalue weighted by Crippen LogP contribution is -2.01. The molecule has 0 spiro atoms. The van der Waals surface area contributed by atoms with Crippen LogP contribution < -0.4 is 0 Å². The van der Waals surface area contributed by atoms with Gasteiger partial charge in [0, 0.05) is 17.9 Å². The number of benzene rings is 2. The number of carbonyl (C=O) groups is 1. The van der Waals surface area contributed by atoms with Crippen molar-refractivity contribution in [1.82, 2.24) is 4.98 Å². The quantitative estimate of drug-likeness (QED) is 0.406. The fourth-order valence-electron chi connectivity index (χ4n) is 3.20. The van der Waals surface area contributed by atoms with Crippen LogP contribution in [-0.4, -0.2) is 10.8 Å². The summed E-state index contributed by atoms with van der Waals surface area (Å²) in [5, 5.41) is 9.34. The standard InChI is InChI=1S/C24H23ClN2O2/c1-16(2)23-21(27-24(29-23)19-6-3-4-7-20(19)25)8-5-9-22(28)18-12-10-17(11-13-18)14-15-26/h3-4,6-7,10-13,16H,5,8-9,14H2,1-2H3. The van der Waals surface area contributed by atoms with Crippen molar-refractivity contribution in [3.63, 3.8) is 0 Å². The molecule has 1 aromatic heterocycles. The molecule has 0 atom stereocenters. The number of rotatable bonds is 8.